The summed E-state index contributed by atoms with van der Waals surface area (Å²) in [5.74, 6) is -0.706. The lowest BCUT2D eigenvalue weighted by atomic mass is 10.6. The molecule has 116 valence electrons. The quantitative estimate of drug-likeness (QED) is 0.697. The fourth-order valence-electron chi connectivity index (χ4n) is 1.05. The Morgan fingerprint density at radius 2 is 1.63 bits per heavy atom. The van der Waals surface area contributed by atoms with Gasteiger partial charge in [0.05, 0.1) is 5.75 Å². The molecule has 0 aromatic carbocycles. The minimum atomic E-state index is -5.88. The summed E-state index contributed by atoms with van der Waals surface area (Å²) < 4.78 is 85.6. The Morgan fingerprint density at radius 3 is 2.00 bits per heavy atom. The van der Waals surface area contributed by atoms with E-state index in [1.54, 1.807) is 13.1 Å². The topological polar surface area (TPSA) is 89.5 Å². The van der Waals surface area contributed by atoms with E-state index in [1.165, 1.54) is 7.11 Å². The fourth-order valence-corrected chi connectivity index (χ4v) is 5.11. The highest BCUT2D eigenvalue weighted by Gasteiger charge is 2.48. The molecule has 19 heavy (non-hydrogen) atoms. The highest BCUT2D eigenvalue weighted by Crippen LogP contribution is 2.22. The first kappa shape index (κ1) is 18.8. The van der Waals surface area contributed by atoms with Gasteiger partial charge in [0.15, 0.2) is 8.32 Å². The largest absolute Gasteiger partial charge is 0.512 e. The lowest BCUT2D eigenvalue weighted by Gasteiger charge is -2.19. The van der Waals surface area contributed by atoms with Crippen LogP contribution in [-0.4, -0.2) is 43.5 Å². The molecule has 6 nitrogen and oxygen atoms in total. The second kappa shape index (κ2) is 6.07. The van der Waals surface area contributed by atoms with Gasteiger partial charge in [-0.15, -0.1) is 4.13 Å². The molecule has 0 rings (SSSR count). The van der Waals surface area contributed by atoms with E-state index < -0.39 is 39.6 Å². The Hall–Kier alpha value is -0.173. The van der Waals surface area contributed by atoms with Gasteiger partial charge in [0, 0.05) is 7.11 Å². The summed E-state index contributed by atoms with van der Waals surface area (Å²) in [4.78, 5) is 0. The predicted octanol–water partition coefficient (Wildman–Crippen LogP) is 0.997. The molecule has 0 aromatic rings. The summed E-state index contributed by atoms with van der Waals surface area (Å²) in [6, 6.07) is 0.385. The molecule has 0 radical (unpaired) electrons. The molecule has 1 N–H and O–H groups in total. The number of halogens is 3. The van der Waals surface area contributed by atoms with Gasteiger partial charge in [-0.2, -0.15) is 13.2 Å². The molecule has 0 unspecified atom stereocenters. The van der Waals surface area contributed by atoms with Crippen molar-refractivity contribution in [1.82, 2.24) is 4.13 Å². The van der Waals surface area contributed by atoms with E-state index in [-0.39, 0.29) is 6.42 Å². The Morgan fingerprint density at radius 1 is 1.16 bits per heavy atom. The van der Waals surface area contributed by atoms with Gasteiger partial charge in [-0.1, -0.05) is 0 Å². The van der Waals surface area contributed by atoms with Crippen LogP contribution in [0.2, 0.25) is 19.1 Å². The zero-order valence-corrected chi connectivity index (χ0v) is 13.2. The molecule has 12 heteroatoms. The van der Waals surface area contributed by atoms with E-state index in [4.69, 9.17) is 4.43 Å². The molecule has 0 atom stereocenters. The molecule has 0 amide bonds. The summed E-state index contributed by atoms with van der Waals surface area (Å²) in [6.45, 7) is 3.61. The molecule has 0 spiro atoms. The summed E-state index contributed by atoms with van der Waals surface area (Å²) in [5, 5.41) is 0. The number of alkyl halides is 3. The molecule has 0 saturated heterocycles. The average molecular weight is 343 g/mol. The van der Waals surface area contributed by atoms with Gasteiger partial charge < -0.3 is 4.43 Å². The van der Waals surface area contributed by atoms with Crippen molar-refractivity contribution in [3.63, 3.8) is 0 Å². The molecule has 0 fully saturated rings. The summed E-state index contributed by atoms with van der Waals surface area (Å²) in [6.07, 6.45) is 0.0236. The standard InChI is InChI=1S/C7H16F3NO5S2Si/c1-16-19(2,3)6-4-5-17(12,13)11-18(14,15)7(8,9)10/h11H,4-6H2,1-3H3. The first-order chi connectivity index (χ1) is 8.22. The smallest absolute Gasteiger partial charge is 0.420 e. The van der Waals surface area contributed by atoms with Crippen molar-refractivity contribution in [2.75, 3.05) is 12.9 Å². The molecule has 0 aliphatic heterocycles. The average Bonchev–Trinajstić information content (AvgIpc) is 2.13. The van der Waals surface area contributed by atoms with Crippen LogP contribution in [0.1, 0.15) is 6.42 Å². The third-order valence-corrected chi connectivity index (χ3v) is 8.28. The lowest BCUT2D eigenvalue weighted by molar-refractivity contribution is -0.0441. The Balaban J connectivity index is 4.61. The molecule has 0 aromatic heterocycles. The van der Waals surface area contributed by atoms with Crippen LogP contribution in [-0.2, 0) is 24.5 Å². The molecule has 0 aliphatic rings. The van der Waals surface area contributed by atoms with E-state index in [1.807, 2.05) is 0 Å². The van der Waals surface area contributed by atoms with Gasteiger partial charge >= 0.3 is 15.5 Å². The van der Waals surface area contributed by atoms with E-state index in [9.17, 15) is 30.0 Å². The normalized spacial score (nSPS) is 14.6. The molecular formula is C7H16F3NO5S2Si. The van der Waals surface area contributed by atoms with Crippen LogP contribution in [0.3, 0.4) is 0 Å². The molecule has 0 bridgehead atoms. The van der Waals surface area contributed by atoms with Crippen LogP contribution in [0.25, 0.3) is 0 Å². The van der Waals surface area contributed by atoms with Gasteiger partial charge in [0.25, 0.3) is 0 Å². The first-order valence-corrected chi connectivity index (χ1v) is 11.4. The van der Waals surface area contributed by atoms with Crippen LogP contribution in [0.15, 0.2) is 0 Å². The second-order valence-corrected chi connectivity index (χ2v) is 12.6. The third-order valence-electron chi connectivity index (χ3n) is 2.29. The van der Waals surface area contributed by atoms with E-state index in [2.05, 4.69) is 0 Å². The second-order valence-electron chi connectivity index (χ2n) is 4.42. The number of nitrogens with one attached hydrogen (secondary N) is 1. The Labute approximate surface area is 111 Å². The maximum atomic E-state index is 12.0. The predicted molar refractivity (Wildman–Crippen MR) is 65.8 cm³/mol. The number of hydrogen-bond acceptors (Lipinski definition) is 5. The number of sulfonamides is 2. The molecular weight excluding hydrogens is 327 g/mol. The SMILES string of the molecule is CO[Si](C)(C)CCCS(=O)(=O)NS(=O)(=O)C(F)(F)F. The van der Waals surface area contributed by atoms with Gasteiger partial charge in [-0.05, 0) is 25.6 Å². The highest BCUT2D eigenvalue weighted by molar-refractivity contribution is 8.05. The van der Waals surface area contributed by atoms with Crippen LogP contribution in [0.4, 0.5) is 13.2 Å². The van der Waals surface area contributed by atoms with Crippen molar-refractivity contribution in [2.24, 2.45) is 0 Å². The van der Waals surface area contributed by atoms with E-state index in [0.29, 0.717) is 10.2 Å². The minimum Gasteiger partial charge on any atom is -0.420 e. The van der Waals surface area contributed by atoms with Crippen molar-refractivity contribution in [1.29, 1.82) is 0 Å². The van der Waals surface area contributed by atoms with Crippen LogP contribution >= 0.6 is 0 Å². The van der Waals surface area contributed by atoms with Crippen molar-refractivity contribution >= 4 is 28.4 Å². The van der Waals surface area contributed by atoms with Crippen molar-refractivity contribution < 1.29 is 34.4 Å². The monoisotopic (exact) mass is 343 g/mol. The zero-order chi connectivity index (χ0) is 15.5. The first-order valence-electron chi connectivity index (χ1n) is 5.10. The Bertz CT molecular complexity index is 499. The molecule has 0 saturated carbocycles. The maximum absolute atomic E-state index is 12.0. The fraction of sp³-hybridized carbons (Fsp3) is 1.00. The maximum Gasteiger partial charge on any atom is 0.512 e. The summed E-state index contributed by atoms with van der Waals surface area (Å²) in [7, 11) is -11.0. The Kier molecular flexibility index (Phi) is 6.02. The van der Waals surface area contributed by atoms with Gasteiger partial charge in [0.1, 0.15) is 0 Å². The van der Waals surface area contributed by atoms with E-state index >= 15 is 0 Å². The zero-order valence-electron chi connectivity index (χ0n) is 10.6. The van der Waals surface area contributed by atoms with Gasteiger partial charge in [0.2, 0.25) is 10.0 Å². The minimum absolute atomic E-state index is 0.0236. The summed E-state index contributed by atoms with van der Waals surface area (Å²) in [5.41, 5.74) is -5.65. The molecule has 0 aliphatic carbocycles. The van der Waals surface area contributed by atoms with Crippen LogP contribution < -0.4 is 4.13 Å². The number of rotatable bonds is 7. The third kappa shape index (κ3) is 6.69. The van der Waals surface area contributed by atoms with Crippen molar-refractivity contribution in [3.05, 3.63) is 0 Å². The molecule has 0 heterocycles. The van der Waals surface area contributed by atoms with E-state index in [0.717, 1.165) is 0 Å². The highest BCUT2D eigenvalue weighted by atomic mass is 32.3. The van der Waals surface area contributed by atoms with Crippen molar-refractivity contribution in [2.45, 2.75) is 31.1 Å². The van der Waals surface area contributed by atoms with Crippen molar-refractivity contribution in [3.8, 4) is 0 Å². The van der Waals surface area contributed by atoms with Crippen LogP contribution in [0, 0.1) is 0 Å². The lowest BCUT2D eigenvalue weighted by Crippen LogP contribution is -2.41. The summed E-state index contributed by atoms with van der Waals surface area (Å²) >= 11 is 0. The van der Waals surface area contributed by atoms with Crippen LogP contribution in [0.5, 0.6) is 0 Å². The van der Waals surface area contributed by atoms with Gasteiger partial charge in [-0.3, -0.25) is 0 Å². The van der Waals surface area contributed by atoms with Gasteiger partial charge in [-0.25, -0.2) is 16.8 Å². The number of hydrogen-bond donors (Lipinski definition) is 1.